The topological polar surface area (TPSA) is 128 Å². The number of nitrogens with zero attached hydrogens (tertiary/aromatic N) is 1. The Morgan fingerprint density at radius 3 is 1.19 bits per heavy atom. The molecule has 0 saturated heterocycles. The molecule has 1 aromatic carbocycles. The van der Waals surface area contributed by atoms with E-state index in [1.54, 1.807) is 0 Å². The second-order valence-corrected chi connectivity index (χ2v) is 6.54. The number of non-ortho nitro benzene ring substituents is 1. The zero-order valence-electron chi connectivity index (χ0n) is 17.6. The molecule has 11 heteroatoms. The molecule has 31 heavy (non-hydrogen) atoms. The molecule has 1 aliphatic rings. The minimum absolute atomic E-state index is 0.0147. The van der Waals surface area contributed by atoms with Crippen molar-refractivity contribution in [3.05, 3.63) is 33.4 Å². The van der Waals surface area contributed by atoms with Crippen molar-refractivity contribution in [3.8, 4) is 5.75 Å². The van der Waals surface area contributed by atoms with Crippen LogP contribution in [-0.4, -0.2) is 89.3 Å². The Bertz CT molecular complexity index is 599. The van der Waals surface area contributed by atoms with Crippen LogP contribution in [0.4, 0.5) is 5.69 Å². The first-order valence-electron chi connectivity index (χ1n) is 10.2. The van der Waals surface area contributed by atoms with Gasteiger partial charge in [0.05, 0.1) is 97.4 Å². The summed E-state index contributed by atoms with van der Waals surface area (Å²) in [6, 6.07) is 2.59. The number of phenols is 1. The van der Waals surface area contributed by atoms with Crippen molar-refractivity contribution in [2.45, 2.75) is 13.2 Å². The zero-order valence-corrected chi connectivity index (χ0v) is 17.6. The van der Waals surface area contributed by atoms with Crippen LogP contribution in [0.25, 0.3) is 0 Å². The summed E-state index contributed by atoms with van der Waals surface area (Å²) in [5.74, 6) is -0.0779. The standard InChI is InChI=1S/C20H31NO10/c22-20-17-13-19(21(23)24)14-18(20)16-31-12-10-29-8-6-27-4-2-25-1-3-26-5-7-28-9-11-30-15-17/h13-14,22H,1-12,15-16H2. The fourth-order valence-corrected chi connectivity index (χ4v) is 2.65. The highest BCUT2D eigenvalue weighted by molar-refractivity contribution is 5.49. The molecule has 0 atom stereocenters. The summed E-state index contributed by atoms with van der Waals surface area (Å²) in [7, 11) is 0. The summed E-state index contributed by atoms with van der Waals surface area (Å²) < 4.78 is 38.0. The van der Waals surface area contributed by atoms with Crippen LogP contribution >= 0.6 is 0 Å². The maximum Gasteiger partial charge on any atom is 0.270 e. The van der Waals surface area contributed by atoms with E-state index in [0.717, 1.165) is 0 Å². The molecule has 1 aliphatic heterocycles. The highest BCUT2D eigenvalue weighted by Gasteiger charge is 2.16. The van der Waals surface area contributed by atoms with Crippen LogP contribution in [-0.2, 0) is 46.4 Å². The maximum absolute atomic E-state index is 11.2. The SMILES string of the molecule is O=[N+]([O-])c1cc2c(O)c(c1)COCCOCCOCCOCCOCCOCCOC2. The van der Waals surface area contributed by atoms with Crippen molar-refractivity contribution in [2.24, 2.45) is 0 Å². The molecule has 1 heterocycles. The highest BCUT2D eigenvalue weighted by atomic mass is 16.6. The van der Waals surface area contributed by atoms with E-state index in [0.29, 0.717) is 77.2 Å². The summed E-state index contributed by atoms with van der Waals surface area (Å²) in [4.78, 5) is 10.7. The Morgan fingerprint density at radius 1 is 0.613 bits per heavy atom. The Kier molecular flexibility index (Phi) is 13.0. The Morgan fingerprint density at radius 2 is 0.903 bits per heavy atom. The molecule has 1 N–H and O–H groups in total. The summed E-state index contributed by atoms with van der Waals surface area (Å²) in [6.07, 6.45) is 0. The number of benzene rings is 1. The van der Waals surface area contributed by atoms with Crippen molar-refractivity contribution < 1.29 is 43.2 Å². The minimum Gasteiger partial charge on any atom is -0.507 e. The Labute approximate surface area is 181 Å². The third kappa shape index (κ3) is 10.8. The molecule has 11 nitrogen and oxygen atoms in total. The van der Waals surface area contributed by atoms with Crippen LogP contribution in [0, 0.1) is 10.1 Å². The van der Waals surface area contributed by atoms with Crippen molar-refractivity contribution in [3.63, 3.8) is 0 Å². The quantitative estimate of drug-likeness (QED) is 0.501. The van der Waals surface area contributed by atoms with E-state index in [4.69, 9.17) is 33.2 Å². The molecule has 0 aromatic heterocycles. The van der Waals surface area contributed by atoms with Gasteiger partial charge in [0.25, 0.3) is 5.69 Å². The van der Waals surface area contributed by atoms with Crippen LogP contribution in [0.1, 0.15) is 11.1 Å². The normalized spacial score (nSPS) is 19.9. The largest absolute Gasteiger partial charge is 0.507 e. The number of phenolic OH excluding ortho intramolecular Hbond substituents is 1. The smallest absolute Gasteiger partial charge is 0.270 e. The molecule has 0 unspecified atom stereocenters. The average Bonchev–Trinajstić information content (AvgIpc) is 2.75. The van der Waals surface area contributed by atoms with Crippen molar-refractivity contribution in [1.29, 1.82) is 0 Å². The lowest BCUT2D eigenvalue weighted by Gasteiger charge is -2.12. The molecule has 2 bridgehead atoms. The van der Waals surface area contributed by atoms with Crippen LogP contribution < -0.4 is 0 Å². The van der Waals surface area contributed by atoms with E-state index in [1.807, 2.05) is 0 Å². The van der Waals surface area contributed by atoms with Crippen LogP contribution in [0.2, 0.25) is 0 Å². The number of hydrogen-bond acceptors (Lipinski definition) is 10. The van der Waals surface area contributed by atoms with Gasteiger partial charge in [-0.05, 0) is 0 Å². The molecular formula is C20H31NO10. The number of hydrogen-bond donors (Lipinski definition) is 1. The predicted octanol–water partition coefficient (Wildman–Crippen LogP) is 1.43. The monoisotopic (exact) mass is 445 g/mol. The summed E-state index contributed by atoms with van der Waals surface area (Å²) >= 11 is 0. The first-order chi connectivity index (χ1) is 15.2. The van der Waals surface area contributed by atoms with Gasteiger partial charge in [0.2, 0.25) is 0 Å². The van der Waals surface area contributed by atoms with Gasteiger partial charge in [-0.1, -0.05) is 0 Å². The van der Waals surface area contributed by atoms with Gasteiger partial charge in [-0.15, -0.1) is 0 Å². The van der Waals surface area contributed by atoms with Gasteiger partial charge >= 0.3 is 0 Å². The highest BCUT2D eigenvalue weighted by Crippen LogP contribution is 2.29. The second-order valence-electron chi connectivity index (χ2n) is 6.54. The van der Waals surface area contributed by atoms with Gasteiger partial charge in [0, 0.05) is 23.3 Å². The zero-order chi connectivity index (χ0) is 22.2. The number of rotatable bonds is 1. The summed E-state index contributed by atoms with van der Waals surface area (Å²) in [5.41, 5.74) is 0.500. The Hall–Kier alpha value is -1.86. The van der Waals surface area contributed by atoms with Crippen molar-refractivity contribution >= 4 is 5.69 Å². The molecular weight excluding hydrogens is 414 g/mol. The van der Waals surface area contributed by atoms with Gasteiger partial charge in [0.15, 0.2) is 0 Å². The lowest BCUT2D eigenvalue weighted by Crippen LogP contribution is -2.14. The number of nitro benzene ring substituents is 1. The van der Waals surface area contributed by atoms with Crippen LogP contribution in [0.5, 0.6) is 5.75 Å². The van der Waals surface area contributed by atoms with E-state index in [9.17, 15) is 15.2 Å². The second kappa shape index (κ2) is 15.9. The number of nitro groups is 1. The van der Waals surface area contributed by atoms with Crippen LogP contribution in [0.3, 0.4) is 0 Å². The third-order valence-electron chi connectivity index (χ3n) is 4.21. The Balaban J connectivity index is 1.88. The fourth-order valence-electron chi connectivity index (χ4n) is 2.65. The van der Waals surface area contributed by atoms with Gasteiger partial charge in [-0.2, -0.15) is 0 Å². The lowest BCUT2D eigenvalue weighted by atomic mass is 10.1. The minimum atomic E-state index is -0.515. The van der Waals surface area contributed by atoms with E-state index in [-0.39, 0.29) is 37.9 Å². The molecule has 0 aliphatic carbocycles. The van der Waals surface area contributed by atoms with Gasteiger partial charge in [-0.3, -0.25) is 10.1 Å². The van der Waals surface area contributed by atoms with Gasteiger partial charge in [0.1, 0.15) is 5.75 Å². The number of fused-ring (bicyclic) bond motifs is 2. The number of aromatic hydroxyl groups is 1. The first-order valence-corrected chi connectivity index (χ1v) is 10.2. The fraction of sp³-hybridized carbons (Fsp3) is 0.700. The average molecular weight is 445 g/mol. The van der Waals surface area contributed by atoms with E-state index in [1.165, 1.54) is 12.1 Å². The molecule has 0 spiro atoms. The molecule has 0 saturated carbocycles. The summed E-state index contributed by atoms with van der Waals surface area (Å²) in [5, 5.41) is 21.7. The van der Waals surface area contributed by atoms with Gasteiger partial charge < -0.3 is 38.3 Å². The maximum atomic E-state index is 11.2. The number of ether oxygens (including phenoxy) is 7. The summed E-state index contributed by atoms with van der Waals surface area (Å²) in [6.45, 7) is 4.85. The molecule has 0 amide bonds. The van der Waals surface area contributed by atoms with Crippen molar-refractivity contribution in [1.82, 2.24) is 0 Å². The van der Waals surface area contributed by atoms with E-state index >= 15 is 0 Å². The van der Waals surface area contributed by atoms with Crippen molar-refractivity contribution in [2.75, 3.05) is 79.3 Å². The van der Waals surface area contributed by atoms with E-state index < -0.39 is 4.92 Å². The van der Waals surface area contributed by atoms with Crippen LogP contribution in [0.15, 0.2) is 12.1 Å². The third-order valence-corrected chi connectivity index (χ3v) is 4.21. The molecule has 0 fully saturated rings. The predicted molar refractivity (Wildman–Crippen MR) is 108 cm³/mol. The molecule has 176 valence electrons. The first kappa shape index (κ1) is 25.4. The van der Waals surface area contributed by atoms with Gasteiger partial charge in [-0.25, -0.2) is 0 Å². The molecule has 2 rings (SSSR count). The lowest BCUT2D eigenvalue weighted by molar-refractivity contribution is -0.385. The molecule has 1 aromatic rings. The van der Waals surface area contributed by atoms with E-state index in [2.05, 4.69) is 0 Å². The molecule has 0 radical (unpaired) electrons.